The number of rotatable bonds is 12. The maximum Gasteiger partial charge on any atom is 0.305 e. The highest BCUT2D eigenvalue weighted by atomic mass is 16.5. The van der Waals surface area contributed by atoms with Gasteiger partial charge in [-0.3, -0.25) is 4.79 Å². The van der Waals surface area contributed by atoms with Crippen molar-refractivity contribution in [1.29, 1.82) is 5.26 Å². The van der Waals surface area contributed by atoms with Crippen molar-refractivity contribution in [2.45, 2.75) is 46.0 Å². The fraction of sp³-hybridized carbons (Fsp3) is 0.417. The Bertz CT molecular complexity index is 839. The number of hydrogen-bond acceptors (Lipinski definition) is 6. The van der Waals surface area contributed by atoms with Gasteiger partial charge in [-0.25, -0.2) is 0 Å². The largest absolute Gasteiger partial charge is 0.494 e. The van der Waals surface area contributed by atoms with Gasteiger partial charge in [-0.1, -0.05) is 20.3 Å². The summed E-state index contributed by atoms with van der Waals surface area (Å²) in [6.45, 7) is 5.29. The molecule has 0 saturated carbocycles. The van der Waals surface area contributed by atoms with E-state index in [0.717, 1.165) is 37.1 Å². The van der Waals surface area contributed by atoms with Crippen LogP contribution < -0.4 is 4.74 Å². The van der Waals surface area contributed by atoms with E-state index in [-0.39, 0.29) is 5.97 Å². The van der Waals surface area contributed by atoms with Gasteiger partial charge in [-0.2, -0.15) is 15.5 Å². The molecule has 0 saturated heterocycles. The van der Waals surface area contributed by atoms with Crippen LogP contribution in [0.15, 0.2) is 58.8 Å². The first kappa shape index (κ1) is 23.1. The van der Waals surface area contributed by atoms with Crippen LogP contribution in [0.2, 0.25) is 0 Å². The Labute approximate surface area is 178 Å². The molecule has 0 heterocycles. The highest BCUT2D eigenvalue weighted by molar-refractivity contribution is 5.69. The van der Waals surface area contributed by atoms with Gasteiger partial charge in [0.2, 0.25) is 0 Å². The number of nitrogens with zero attached hydrogens (tertiary/aromatic N) is 3. The van der Waals surface area contributed by atoms with Crippen LogP contribution in [0.25, 0.3) is 0 Å². The summed E-state index contributed by atoms with van der Waals surface area (Å²) in [5.41, 5.74) is 2.01. The molecule has 1 atom stereocenters. The summed E-state index contributed by atoms with van der Waals surface area (Å²) >= 11 is 0. The minimum absolute atomic E-state index is 0.109. The molecule has 1 unspecified atom stereocenters. The van der Waals surface area contributed by atoms with Crippen LogP contribution in [0.1, 0.15) is 51.5 Å². The van der Waals surface area contributed by atoms with E-state index in [0.29, 0.717) is 36.8 Å². The first-order chi connectivity index (χ1) is 14.6. The third-order valence-corrected chi connectivity index (χ3v) is 4.63. The van der Waals surface area contributed by atoms with Gasteiger partial charge in [-0.05, 0) is 73.7 Å². The topological polar surface area (TPSA) is 84.0 Å². The fourth-order valence-corrected chi connectivity index (χ4v) is 2.49. The maximum atomic E-state index is 11.6. The van der Waals surface area contributed by atoms with Crippen LogP contribution in [0.4, 0.5) is 11.4 Å². The summed E-state index contributed by atoms with van der Waals surface area (Å²) in [6.07, 6.45) is 4.12. The van der Waals surface area contributed by atoms with E-state index in [1.54, 1.807) is 24.3 Å². The quantitative estimate of drug-likeness (QED) is 0.228. The number of benzene rings is 2. The lowest BCUT2D eigenvalue weighted by atomic mass is 10.1. The van der Waals surface area contributed by atoms with Gasteiger partial charge in [0.15, 0.2) is 0 Å². The van der Waals surface area contributed by atoms with Crippen LogP contribution in [0.5, 0.6) is 5.75 Å². The number of carbonyl (C=O) groups is 1. The molecule has 0 radical (unpaired) electrons. The molecular formula is C24H29N3O3. The summed E-state index contributed by atoms with van der Waals surface area (Å²) in [4.78, 5) is 11.6. The lowest BCUT2D eigenvalue weighted by molar-refractivity contribution is -0.145. The van der Waals surface area contributed by atoms with E-state index in [1.165, 1.54) is 0 Å². The highest BCUT2D eigenvalue weighted by Gasteiger charge is 2.05. The van der Waals surface area contributed by atoms with Crippen LogP contribution >= 0.6 is 0 Å². The van der Waals surface area contributed by atoms with Crippen molar-refractivity contribution in [3.8, 4) is 11.8 Å². The molecule has 0 bridgehead atoms. The normalized spacial score (nSPS) is 11.8. The standard InChI is InChI=1S/C24H29N3O3/c1-3-19(2)18-30-24(28)7-5-4-6-16-29-23-14-12-22(13-15-23)27-26-21-10-8-20(17-25)9-11-21/h8-15,19H,3-7,16,18H2,1-2H3. The lowest BCUT2D eigenvalue weighted by Gasteiger charge is -2.09. The van der Waals surface area contributed by atoms with Gasteiger partial charge in [0, 0.05) is 6.42 Å². The molecule has 6 heteroatoms. The minimum Gasteiger partial charge on any atom is -0.494 e. The molecule has 2 aromatic carbocycles. The number of hydrogen-bond donors (Lipinski definition) is 0. The molecular weight excluding hydrogens is 378 g/mol. The van der Waals surface area contributed by atoms with Crippen molar-refractivity contribution < 1.29 is 14.3 Å². The Morgan fingerprint density at radius 1 is 1.00 bits per heavy atom. The van der Waals surface area contributed by atoms with Gasteiger partial charge in [-0.15, -0.1) is 0 Å². The summed E-state index contributed by atoms with van der Waals surface area (Å²) in [5, 5.41) is 17.1. The van der Waals surface area contributed by atoms with Crippen molar-refractivity contribution >= 4 is 17.3 Å². The second-order valence-corrected chi connectivity index (χ2v) is 7.21. The molecule has 30 heavy (non-hydrogen) atoms. The van der Waals surface area contributed by atoms with E-state index >= 15 is 0 Å². The van der Waals surface area contributed by atoms with Crippen molar-refractivity contribution in [1.82, 2.24) is 0 Å². The number of unbranched alkanes of at least 4 members (excludes halogenated alkanes) is 2. The number of esters is 1. The lowest BCUT2D eigenvalue weighted by Crippen LogP contribution is -2.11. The predicted octanol–water partition coefficient (Wildman–Crippen LogP) is 6.50. The summed E-state index contributed by atoms with van der Waals surface area (Å²) in [5.74, 6) is 1.09. The van der Waals surface area contributed by atoms with Crippen molar-refractivity contribution in [3.63, 3.8) is 0 Å². The van der Waals surface area contributed by atoms with Crippen LogP contribution in [-0.2, 0) is 9.53 Å². The Kier molecular flexibility index (Phi) is 10.1. The average Bonchev–Trinajstić information content (AvgIpc) is 2.79. The van der Waals surface area contributed by atoms with Gasteiger partial charge in [0.25, 0.3) is 0 Å². The summed E-state index contributed by atoms with van der Waals surface area (Å²) in [7, 11) is 0. The van der Waals surface area contributed by atoms with Crippen LogP contribution in [0, 0.1) is 17.2 Å². The van der Waals surface area contributed by atoms with E-state index in [2.05, 4.69) is 30.1 Å². The molecule has 0 aliphatic rings. The van der Waals surface area contributed by atoms with Gasteiger partial charge in [0.05, 0.1) is 36.2 Å². The Balaban J connectivity index is 1.62. The van der Waals surface area contributed by atoms with Gasteiger partial charge < -0.3 is 9.47 Å². The van der Waals surface area contributed by atoms with Gasteiger partial charge in [0.1, 0.15) is 5.75 Å². The van der Waals surface area contributed by atoms with E-state index in [9.17, 15) is 4.79 Å². The predicted molar refractivity (Wildman–Crippen MR) is 116 cm³/mol. The second kappa shape index (κ2) is 13.1. The molecule has 0 amide bonds. The molecule has 0 spiro atoms. The first-order valence-electron chi connectivity index (χ1n) is 10.4. The molecule has 0 N–H and O–H groups in total. The monoisotopic (exact) mass is 407 g/mol. The Morgan fingerprint density at radius 3 is 2.23 bits per heavy atom. The molecule has 158 valence electrons. The molecule has 2 aromatic rings. The van der Waals surface area contributed by atoms with Crippen molar-refractivity contribution in [2.75, 3.05) is 13.2 Å². The minimum atomic E-state index is -0.109. The number of nitriles is 1. The zero-order valence-corrected chi connectivity index (χ0v) is 17.7. The smallest absolute Gasteiger partial charge is 0.305 e. The van der Waals surface area contributed by atoms with Crippen molar-refractivity contribution in [3.05, 3.63) is 54.1 Å². The number of carbonyl (C=O) groups excluding carboxylic acids is 1. The molecule has 2 rings (SSSR count). The molecule has 0 aliphatic carbocycles. The molecule has 6 nitrogen and oxygen atoms in total. The fourth-order valence-electron chi connectivity index (χ4n) is 2.49. The van der Waals surface area contributed by atoms with Crippen LogP contribution in [-0.4, -0.2) is 19.2 Å². The summed E-state index contributed by atoms with van der Waals surface area (Å²) < 4.78 is 11.0. The zero-order valence-electron chi connectivity index (χ0n) is 17.7. The molecule has 0 fully saturated rings. The van der Waals surface area contributed by atoms with Gasteiger partial charge >= 0.3 is 5.97 Å². The maximum absolute atomic E-state index is 11.6. The molecule has 0 aliphatic heterocycles. The third kappa shape index (κ3) is 8.87. The number of azo groups is 1. The second-order valence-electron chi connectivity index (χ2n) is 7.21. The Hall–Kier alpha value is -3.20. The Morgan fingerprint density at radius 2 is 1.63 bits per heavy atom. The third-order valence-electron chi connectivity index (χ3n) is 4.63. The van der Waals surface area contributed by atoms with Crippen molar-refractivity contribution in [2.24, 2.45) is 16.1 Å². The average molecular weight is 408 g/mol. The zero-order chi connectivity index (χ0) is 21.6. The van der Waals surface area contributed by atoms with E-state index < -0.39 is 0 Å². The first-order valence-corrected chi connectivity index (χ1v) is 10.4. The number of ether oxygens (including phenoxy) is 2. The van der Waals surface area contributed by atoms with E-state index in [4.69, 9.17) is 14.7 Å². The van der Waals surface area contributed by atoms with E-state index in [1.807, 2.05) is 24.3 Å². The highest BCUT2D eigenvalue weighted by Crippen LogP contribution is 2.21. The molecule has 0 aromatic heterocycles. The SMILES string of the molecule is CCC(C)COC(=O)CCCCCOc1ccc(N=Nc2ccc(C#N)cc2)cc1. The van der Waals surface area contributed by atoms with Crippen LogP contribution in [0.3, 0.4) is 0 Å². The summed E-state index contributed by atoms with van der Waals surface area (Å²) in [6, 6.07) is 16.4.